The summed E-state index contributed by atoms with van der Waals surface area (Å²) < 4.78 is 28.6. The van der Waals surface area contributed by atoms with Crippen LogP contribution in [0.15, 0.2) is 29.3 Å². The molecule has 3 rings (SSSR count). The summed E-state index contributed by atoms with van der Waals surface area (Å²) in [6, 6.07) is 3.65. The molecule has 0 unspecified atom stereocenters. The molecule has 0 aliphatic carbocycles. The van der Waals surface area contributed by atoms with Gasteiger partial charge in [0.1, 0.15) is 16.5 Å². The van der Waals surface area contributed by atoms with E-state index in [2.05, 4.69) is 4.98 Å². The van der Waals surface area contributed by atoms with Crippen LogP contribution in [-0.2, 0) is 6.54 Å². The molecule has 0 saturated carbocycles. The van der Waals surface area contributed by atoms with E-state index in [1.165, 1.54) is 40.4 Å². The second kappa shape index (κ2) is 5.04. The number of hydrogen-bond donors (Lipinski definition) is 0. The van der Waals surface area contributed by atoms with Crippen LogP contribution in [0.2, 0.25) is 0 Å². The minimum absolute atomic E-state index is 0.134. The number of nitrogens with zero attached hydrogens (tertiary/aromatic N) is 2. The lowest BCUT2D eigenvalue weighted by Gasteiger charge is -2.07. The standard InChI is InChI=1S/C15H12F2N2OS/c1-8-9(2)21-14-13(8)15(20)19(7-18-14)6-10-11(16)4-3-5-12(10)17/h3-5,7H,6H2,1-2H3. The average Bonchev–Trinajstić information content (AvgIpc) is 2.73. The van der Waals surface area contributed by atoms with E-state index >= 15 is 0 Å². The summed E-state index contributed by atoms with van der Waals surface area (Å²) in [7, 11) is 0. The Morgan fingerprint density at radius 2 is 1.90 bits per heavy atom. The van der Waals surface area contributed by atoms with Crippen molar-refractivity contribution in [3.05, 3.63) is 62.5 Å². The van der Waals surface area contributed by atoms with Gasteiger partial charge in [0, 0.05) is 10.4 Å². The van der Waals surface area contributed by atoms with Gasteiger partial charge in [-0.05, 0) is 31.5 Å². The highest BCUT2D eigenvalue weighted by atomic mass is 32.1. The molecule has 0 aliphatic rings. The van der Waals surface area contributed by atoms with Crippen LogP contribution >= 0.6 is 11.3 Å². The van der Waals surface area contributed by atoms with Crippen molar-refractivity contribution in [3.63, 3.8) is 0 Å². The van der Waals surface area contributed by atoms with E-state index in [0.29, 0.717) is 10.2 Å². The van der Waals surface area contributed by atoms with Crippen molar-refractivity contribution < 1.29 is 8.78 Å². The molecule has 108 valence electrons. The number of aryl methyl sites for hydroxylation is 2. The molecule has 0 amide bonds. The Bertz CT molecular complexity index is 878. The van der Waals surface area contributed by atoms with E-state index in [1.807, 2.05) is 13.8 Å². The summed E-state index contributed by atoms with van der Waals surface area (Å²) in [5.41, 5.74) is 0.464. The predicted octanol–water partition coefficient (Wildman–Crippen LogP) is 3.40. The normalized spacial score (nSPS) is 11.2. The zero-order valence-corrected chi connectivity index (χ0v) is 12.3. The van der Waals surface area contributed by atoms with Crippen LogP contribution < -0.4 is 5.56 Å². The second-order valence-corrected chi connectivity index (χ2v) is 6.04. The molecule has 0 N–H and O–H groups in total. The first-order valence-corrected chi connectivity index (χ1v) is 7.18. The second-order valence-electron chi connectivity index (χ2n) is 4.84. The van der Waals surface area contributed by atoms with Crippen molar-refractivity contribution in [1.29, 1.82) is 0 Å². The van der Waals surface area contributed by atoms with Crippen molar-refractivity contribution >= 4 is 21.6 Å². The maximum absolute atomic E-state index is 13.7. The molecule has 0 fully saturated rings. The summed E-state index contributed by atoms with van der Waals surface area (Å²) >= 11 is 1.44. The molecule has 2 heterocycles. The number of benzene rings is 1. The van der Waals surface area contributed by atoms with E-state index in [9.17, 15) is 13.6 Å². The van der Waals surface area contributed by atoms with Crippen molar-refractivity contribution in [3.8, 4) is 0 Å². The molecule has 1 aromatic carbocycles. The lowest BCUT2D eigenvalue weighted by molar-refractivity contribution is 0.541. The fraction of sp³-hybridized carbons (Fsp3) is 0.200. The van der Waals surface area contributed by atoms with Crippen LogP contribution in [-0.4, -0.2) is 9.55 Å². The van der Waals surface area contributed by atoms with Crippen LogP contribution in [0.5, 0.6) is 0 Å². The quantitative estimate of drug-likeness (QED) is 0.727. The van der Waals surface area contributed by atoms with Gasteiger partial charge in [0.2, 0.25) is 0 Å². The molecular formula is C15H12F2N2OS. The van der Waals surface area contributed by atoms with Crippen molar-refractivity contribution in [2.45, 2.75) is 20.4 Å². The summed E-state index contributed by atoms with van der Waals surface area (Å²) in [4.78, 5) is 18.4. The molecule has 6 heteroatoms. The molecule has 0 atom stereocenters. The number of aromatic nitrogens is 2. The first-order valence-electron chi connectivity index (χ1n) is 6.37. The minimum Gasteiger partial charge on any atom is -0.294 e. The molecular weight excluding hydrogens is 294 g/mol. The highest BCUT2D eigenvalue weighted by molar-refractivity contribution is 7.18. The summed E-state index contributed by atoms with van der Waals surface area (Å²) in [6.45, 7) is 3.60. The van der Waals surface area contributed by atoms with E-state index in [4.69, 9.17) is 0 Å². The van der Waals surface area contributed by atoms with Crippen molar-refractivity contribution in [2.75, 3.05) is 0 Å². The summed E-state index contributed by atoms with van der Waals surface area (Å²) in [5.74, 6) is -1.33. The zero-order chi connectivity index (χ0) is 15.1. The summed E-state index contributed by atoms with van der Waals surface area (Å²) in [6.07, 6.45) is 1.34. The Balaban J connectivity index is 2.16. The number of rotatable bonds is 2. The van der Waals surface area contributed by atoms with Gasteiger partial charge >= 0.3 is 0 Å². The lowest BCUT2D eigenvalue weighted by atomic mass is 10.2. The third-order valence-electron chi connectivity index (χ3n) is 3.55. The molecule has 21 heavy (non-hydrogen) atoms. The third-order valence-corrected chi connectivity index (χ3v) is 4.66. The topological polar surface area (TPSA) is 34.9 Å². The Morgan fingerprint density at radius 1 is 1.24 bits per heavy atom. The Morgan fingerprint density at radius 3 is 2.57 bits per heavy atom. The Hall–Kier alpha value is -2.08. The molecule has 0 saturated heterocycles. The predicted molar refractivity (Wildman–Crippen MR) is 78.8 cm³/mol. The van der Waals surface area contributed by atoms with E-state index in [-0.39, 0.29) is 17.7 Å². The van der Waals surface area contributed by atoms with E-state index in [1.54, 1.807) is 0 Å². The molecule has 0 bridgehead atoms. The van der Waals surface area contributed by atoms with Gasteiger partial charge < -0.3 is 0 Å². The fourth-order valence-corrected chi connectivity index (χ4v) is 3.22. The van der Waals surface area contributed by atoms with E-state index < -0.39 is 11.6 Å². The maximum atomic E-state index is 13.7. The number of fused-ring (bicyclic) bond motifs is 1. The first-order chi connectivity index (χ1) is 9.99. The van der Waals surface area contributed by atoms with Gasteiger partial charge in [-0.3, -0.25) is 9.36 Å². The van der Waals surface area contributed by atoms with Gasteiger partial charge in [-0.1, -0.05) is 6.07 Å². The van der Waals surface area contributed by atoms with Crippen LogP contribution in [0, 0.1) is 25.5 Å². The SMILES string of the molecule is Cc1sc2ncn(Cc3c(F)cccc3F)c(=O)c2c1C. The van der Waals surface area contributed by atoms with Gasteiger partial charge in [0.25, 0.3) is 5.56 Å². The number of halogens is 2. The smallest absolute Gasteiger partial charge is 0.262 e. The maximum Gasteiger partial charge on any atom is 0.262 e. The van der Waals surface area contributed by atoms with Crippen LogP contribution in [0.4, 0.5) is 8.78 Å². The van der Waals surface area contributed by atoms with Crippen LogP contribution in [0.1, 0.15) is 16.0 Å². The largest absolute Gasteiger partial charge is 0.294 e. The highest BCUT2D eigenvalue weighted by Gasteiger charge is 2.14. The van der Waals surface area contributed by atoms with E-state index in [0.717, 1.165) is 10.4 Å². The van der Waals surface area contributed by atoms with Gasteiger partial charge in [-0.15, -0.1) is 11.3 Å². The van der Waals surface area contributed by atoms with Gasteiger partial charge in [-0.25, -0.2) is 13.8 Å². The lowest BCUT2D eigenvalue weighted by Crippen LogP contribution is -2.22. The fourth-order valence-electron chi connectivity index (χ4n) is 2.24. The highest BCUT2D eigenvalue weighted by Crippen LogP contribution is 2.25. The number of hydrogen-bond acceptors (Lipinski definition) is 3. The average molecular weight is 306 g/mol. The Kier molecular flexibility index (Phi) is 3.33. The molecule has 3 aromatic rings. The van der Waals surface area contributed by atoms with Gasteiger partial charge in [-0.2, -0.15) is 0 Å². The van der Waals surface area contributed by atoms with Gasteiger partial charge in [0.05, 0.1) is 18.3 Å². The third kappa shape index (κ3) is 2.25. The molecule has 0 aliphatic heterocycles. The van der Waals surface area contributed by atoms with Crippen LogP contribution in [0.3, 0.4) is 0 Å². The molecule has 3 nitrogen and oxygen atoms in total. The molecule has 0 spiro atoms. The van der Waals surface area contributed by atoms with Crippen molar-refractivity contribution in [1.82, 2.24) is 9.55 Å². The Labute approximate surface area is 123 Å². The van der Waals surface area contributed by atoms with Crippen molar-refractivity contribution in [2.24, 2.45) is 0 Å². The molecule has 0 radical (unpaired) electrons. The summed E-state index contributed by atoms with van der Waals surface area (Å²) in [5, 5.41) is 0.525. The molecule has 2 aromatic heterocycles. The van der Waals surface area contributed by atoms with Gasteiger partial charge in [0.15, 0.2) is 0 Å². The van der Waals surface area contributed by atoms with Crippen LogP contribution in [0.25, 0.3) is 10.2 Å². The monoisotopic (exact) mass is 306 g/mol. The number of thiophene rings is 1. The minimum atomic E-state index is -0.666. The zero-order valence-electron chi connectivity index (χ0n) is 11.5. The first kappa shape index (κ1) is 13.9.